The fourth-order valence-electron chi connectivity index (χ4n) is 1.49. The Kier molecular flexibility index (Phi) is 3.52. The molecule has 5 nitrogen and oxygen atoms in total. The Bertz CT molecular complexity index is 545. The molecule has 18 heavy (non-hydrogen) atoms. The van der Waals surface area contributed by atoms with E-state index in [1.54, 1.807) is 35.5 Å². The molecule has 0 bridgehead atoms. The lowest BCUT2D eigenvalue weighted by Gasteiger charge is -2.09. The summed E-state index contributed by atoms with van der Waals surface area (Å²) in [4.78, 5) is 22.0. The highest BCUT2D eigenvalue weighted by Crippen LogP contribution is 2.18. The molecule has 0 aliphatic rings. The average molecular weight is 243 g/mol. The molecule has 0 aliphatic carbocycles. The average Bonchev–Trinajstić information content (AvgIpc) is 2.90. The zero-order valence-electron chi connectivity index (χ0n) is 10.2. The molecule has 0 saturated carbocycles. The predicted molar refractivity (Wildman–Crippen MR) is 66.7 cm³/mol. The molecule has 0 saturated heterocycles. The predicted octanol–water partition coefficient (Wildman–Crippen LogP) is 1.85. The summed E-state index contributed by atoms with van der Waals surface area (Å²) in [6.45, 7) is 0. The number of nitrogens with zero attached hydrogens (tertiary/aromatic N) is 3. The van der Waals surface area contributed by atoms with Crippen LogP contribution >= 0.6 is 0 Å². The Balaban J connectivity index is 2.42. The Morgan fingerprint density at radius 1 is 1.39 bits per heavy atom. The first-order valence-corrected chi connectivity index (χ1v) is 5.41. The van der Waals surface area contributed by atoms with Gasteiger partial charge in [-0.1, -0.05) is 0 Å². The Morgan fingerprint density at radius 3 is 2.78 bits per heavy atom. The number of carbonyl (C=O) groups excluding carboxylic acids is 1. The second-order valence-corrected chi connectivity index (χ2v) is 3.91. The highest BCUT2D eigenvalue weighted by atomic mass is 16.3. The molecule has 0 atom stereocenters. The number of furan rings is 1. The summed E-state index contributed by atoms with van der Waals surface area (Å²) >= 11 is 0. The molecule has 2 rings (SSSR count). The molecular weight excluding hydrogens is 230 g/mol. The number of hydrogen-bond acceptors (Lipinski definition) is 5. The number of Topliss-reactive ketones (excluding diaryl/α,β-unsaturated/α-hetero) is 1. The van der Waals surface area contributed by atoms with Gasteiger partial charge in [-0.3, -0.25) is 4.79 Å². The van der Waals surface area contributed by atoms with Crippen LogP contribution in [0.3, 0.4) is 0 Å². The van der Waals surface area contributed by atoms with Crippen LogP contribution in [0.1, 0.15) is 16.2 Å². The summed E-state index contributed by atoms with van der Waals surface area (Å²) in [5, 5.41) is 0. The molecule has 0 aromatic carbocycles. The zero-order chi connectivity index (χ0) is 13.0. The van der Waals surface area contributed by atoms with Crippen LogP contribution in [0.15, 0.2) is 47.6 Å². The van der Waals surface area contributed by atoms with Crippen molar-refractivity contribution in [3.8, 4) is 0 Å². The quantitative estimate of drug-likeness (QED) is 0.606. The third-order valence-electron chi connectivity index (χ3n) is 2.23. The first kappa shape index (κ1) is 12.0. The van der Waals surface area contributed by atoms with Crippen molar-refractivity contribution in [2.75, 3.05) is 14.1 Å². The molecule has 0 N–H and O–H groups in total. The molecule has 0 amide bonds. The number of allylic oxidation sites excluding steroid dienone is 1. The lowest BCUT2D eigenvalue weighted by Crippen LogP contribution is -2.09. The molecule has 2 aromatic heterocycles. The van der Waals surface area contributed by atoms with E-state index >= 15 is 0 Å². The van der Waals surface area contributed by atoms with E-state index in [0.717, 1.165) is 0 Å². The van der Waals surface area contributed by atoms with Crippen molar-refractivity contribution in [1.29, 1.82) is 0 Å². The smallest absolute Gasteiger partial charge is 0.231 e. The van der Waals surface area contributed by atoms with Crippen LogP contribution < -0.4 is 0 Å². The van der Waals surface area contributed by atoms with Crippen LogP contribution in [0.5, 0.6) is 0 Å². The number of ketones is 1. The summed E-state index contributed by atoms with van der Waals surface area (Å²) < 4.78 is 5.13. The largest absolute Gasteiger partial charge is 0.461 e. The van der Waals surface area contributed by atoms with Crippen LogP contribution in [0.25, 0.3) is 5.57 Å². The van der Waals surface area contributed by atoms with E-state index in [0.29, 0.717) is 17.0 Å². The molecule has 0 unspecified atom stereocenters. The summed E-state index contributed by atoms with van der Waals surface area (Å²) in [7, 11) is 3.69. The maximum absolute atomic E-state index is 12.3. The van der Waals surface area contributed by atoms with E-state index < -0.39 is 0 Å². The molecule has 0 radical (unpaired) electrons. The maximum atomic E-state index is 12.3. The van der Waals surface area contributed by atoms with Gasteiger partial charge in [-0.05, 0) is 18.2 Å². The van der Waals surface area contributed by atoms with Crippen molar-refractivity contribution in [2.45, 2.75) is 0 Å². The van der Waals surface area contributed by atoms with Gasteiger partial charge in [0.15, 0.2) is 5.76 Å². The van der Waals surface area contributed by atoms with Gasteiger partial charge in [0, 0.05) is 26.5 Å². The molecule has 0 fully saturated rings. The van der Waals surface area contributed by atoms with Gasteiger partial charge in [-0.25, -0.2) is 9.97 Å². The molecule has 2 heterocycles. The van der Waals surface area contributed by atoms with Crippen molar-refractivity contribution in [3.05, 3.63) is 54.6 Å². The first-order valence-electron chi connectivity index (χ1n) is 5.41. The maximum Gasteiger partial charge on any atom is 0.231 e. The fourth-order valence-corrected chi connectivity index (χ4v) is 1.49. The van der Waals surface area contributed by atoms with Gasteiger partial charge in [0.1, 0.15) is 6.33 Å². The van der Waals surface area contributed by atoms with E-state index in [4.69, 9.17) is 4.42 Å². The van der Waals surface area contributed by atoms with Gasteiger partial charge in [0.2, 0.25) is 5.78 Å². The summed E-state index contributed by atoms with van der Waals surface area (Å²) in [6, 6.07) is 5.00. The van der Waals surface area contributed by atoms with E-state index in [2.05, 4.69) is 9.97 Å². The van der Waals surface area contributed by atoms with Crippen LogP contribution in [0.2, 0.25) is 0 Å². The van der Waals surface area contributed by atoms with Crippen LogP contribution in [0, 0.1) is 0 Å². The molecular formula is C13H13N3O2. The lowest BCUT2D eigenvalue weighted by atomic mass is 10.1. The van der Waals surface area contributed by atoms with Crippen molar-refractivity contribution in [3.63, 3.8) is 0 Å². The highest BCUT2D eigenvalue weighted by molar-refractivity contribution is 6.27. The molecule has 5 heteroatoms. The summed E-state index contributed by atoms with van der Waals surface area (Å²) in [5.74, 6) is 0.0918. The van der Waals surface area contributed by atoms with E-state index in [9.17, 15) is 4.79 Å². The molecule has 92 valence electrons. The van der Waals surface area contributed by atoms with Gasteiger partial charge >= 0.3 is 0 Å². The number of rotatable bonds is 4. The Morgan fingerprint density at radius 2 is 2.22 bits per heavy atom. The Hall–Kier alpha value is -2.43. The molecule has 0 spiro atoms. The van der Waals surface area contributed by atoms with Crippen molar-refractivity contribution in [2.24, 2.45) is 0 Å². The highest BCUT2D eigenvalue weighted by Gasteiger charge is 2.18. The first-order chi connectivity index (χ1) is 8.68. The van der Waals surface area contributed by atoms with E-state index in [1.807, 2.05) is 14.1 Å². The number of carbonyl (C=O) groups is 1. The minimum atomic E-state index is -0.201. The molecule has 0 aliphatic heterocycles. The third-order valence-corrected chi connectivity index (χ3v) is 2.23. The van der Waals surface area contributed by atoms with Gasteiger partial charge in [-0.2, -0.15) is 0 Å². The van der Waals surface area contributed by atoms with Crippen LogP contribution in [-0.2, 0) is 0 Å². The molecule has 2 aromatic rings. The van der Waals surface area contributed by atoms with E-state index in [1.165, 1.54) is 12.6 Å². The van der Waals surface area contributed by atoms with Gasteiger partial charge < -0.3 is 9.32 Å². The number of aromatic nitrogens is 2. The second-order valence-electron chi connectivity index (χ2n) is 3.91. The number of hydrogen-bond donors (Lipinski definition) is 0. The summed E-state index contributed by atoms with van der Waals surface area (Å²) in [5.41, 5.74) is 1.04. The monoisotopic (exact) mass is 243 g/mol. The SMILES string of the molecule is CN(C)C=C(C(=O)c1ccco1)c1ccncn1. The van der Waals surface area contributed by atoms with Gasteiger partial charge in [0.25, 0.3) is 0 Å². The zero-order valence-corrected chi connectivity index (χ0v) is 10.2. The standard InChI is InChI=1S/C13H13N3O2/c1-16(2)8-10(11-5-6-14-9-15-11)13(17)12-4-3-7-18-12/h3-9H,1-2H3. The van der Waals surface area contributed by atoms with Crippen molar-refractivity contribution in [1.82, 2.24) is 14.9 Å². The normalized spacial score (nSPS) is 11.3. The van der Waals surface area contributed by atoms with Crippen molar-refractivity contribution >= 4 is 11.4 Å². The van der Waals surface area contributed by atoms with Crippen LogP contribution in [0.4, 0.5) is 0 Å². The van der Waals surface area contributed by atoms with Crippen LogP contribution in [-0.4, -0.2) is 34.7 Å². The van der Waals surface area contributed by atoms with Gasteiger partial charge in [-0.15, -0.1) is 0 Å². The summed E-state index contributed by atoms with van der Waals surface area (Å²) in [6.07, 6.45) is 6.20. The van der Waals surface area contributed by atoms with Crippen molar-refractivity contribution < 1.29 is 9.21 Å². The second kappa shape index (κ2) is 5.27. The minimum Gasteiger partial charge on any atom is -0.461 e. The van der Waals surface area contributed by atoms with E-state index in [-0.39, 0.29) is 5.78 Å². The topological polar surface area (TPSA) is 59.2 Å². The minimum absolute atomic E-state index is 0.201. The fraction of sp³-hybridized carbons (Fsp3) is 0.154. The Labute approximate surface area is 105 Å². The third kappa shape index (κ3) is 2.63. The van der Waals surface area contributed by atoms with Gasteiger partial charge in [0.05, 0.1) is 17.5 Å². The lowest BCUT2D eigenvalue weighted by molar-refractivity contribution is 0.103.